The Bertz CT molecular complexity index is 1080. The summed E-state index contributed by atoms with van der Waals surface area (Å²) < 4.78 is 33.8. The molecule has 0 bridgehead atoms. The van der Waals surface area contributed by atoms with Crippen LogP contribution in [0.3, 0.4) is 0 Å². The Balaban J connectivity index is 2.05. The first-order chi connectivity index (χ1) is 12.1. The minimum atomic E-state index is -0.825. The number of benzene rings is 3. The molecule has 0 amide bonds. The molecule has 0 radical (unpaired) electrons. The minimum Gasteiger partial charge on any atom is -0.440 e. The summed E-state index contributed by atoms with van der Waals surface area (Å²) in [5.74, 6) is -1.65. The summed E-state index contributed by atoms with van der Waals surface area (Å²) in [7, 11) is 0. The van der Waals surface area contributed by atoms with E-state index >= 15 is 0 Å². The summed E-state index contributed by atoms with van der Waals surface area (Å²) in [6.45, 7) is 0. The summed E-state index contributed by atoms with van der Waals surface area (Å²) in [5.41, 5.74) is 6.62. The van der Waals surface area contributed by atoms with Gasteiger partial charge in [0.05, 0.1) is 5.92 Å². The fourth-order valence-corrected chi connectivity index (χ4v) is 3.24. The molecular weight excluding hydrogens is 322 g/mol. The molecule has 1 heterocycles. The average molecular weight is 334 g/mol. The molecule has 3 aromatic rings. The fraction of sp³-hybridized carbons (Fsp3) is 0.0500. The van der Waals surface area contributed by atoms with Crippen LogP contribution in [0.4, 0.5) is 8.78 Å². The predicted molar refractivity (Wildman–Crippen MR) is 89.6 cm³/mol. The second-order valence-electron chi connectivity index (χ2n) is 5.80. The molecule has 0 fully saturated rings. The Kier molecular flexibility index (Phi) is 3.40. The molecule has 3 aromatic carbocycles. The van der Waals surface area contributed by atoms with Gasteiger partial charge >= 0.3 is 0 Å². The molecule has 1 aliphatic rings. The molecule has 5 heteroatoms. The Morgan fingerprint density at radius 2 is 1.80 bits per heavy atom. The molecule has 1 atom stereocenters. The maximum Gasteiger partial charge on any atom is 0.205 e. The van der Waals surface area contributed by atoms with Crippen LogP contribution in [0.25, 0.3) is 10.8 Å². The van der Waals surface area contributed by atoms with Gasteiger partial charge in [-0.1, -0.05) is 36.4 Å². The van der Waals surface area contributed by atoms with E-state index in [4.69, 9.17) is 10.5 Å². The van der Waals surface area contributed by atoms with Crippen LogP contribution < -0.4 is 10.5 Å². The van der Waals surface area contributed by atoms with Crippen LogP contribution in [0.5, 0.6) is 5.75 Å². The van der Waals surface area contributed by atoms with Crippen LogP contribution in [0.15, 0.2) is 66.1 Å². The second kappa shape index (κ2) is 5.60. The molecule has 0 aromatic heterocycles. The van der Waals surface area contributed by atoms with Gasteiger partial charge in [-0.05, 0) is 23.6 Å². The van der Waals surface area contributed by atoms with Crippen LogP contribution in [0.1, 0.15) is 17.0 Å². The Morgan fingerprint density at radius 1 is 1.00 bits per heavy atom. The van der Waals surface area contributed by atoms with E-state index in [1.807, 2.05) is 36.4 Å². The lowest BCUT2D eigenvalue weighted by Crippen LogP contribution is -2.22. The van der Waals surface area contributed by atoms with Crippen molar-refractivity contribution in [3.8, 4) is 11.8 Å². The van der Waals surface area contributed by atoms with Crippen LogP contribution in [0.2, 0.25) is 0 Å². The molecule has 0 saturated carbocycles. The number of fused-ring (bicyclic) bond motifs is 3. The van der Waals surface area contributed by atoms with Crippen molar-refractivity contribution in [1.29, 1.82) is 5.26 Å². The van der Waals surface area contributed by atoms with E-state index in [1.165, 1.54) is 0 Å². The highest BCUT2D eigenvalue weighted by atomic mass is 19.1. The first-order valence-corrected chi connectivity index (χ1v) is 7.64. The lowest BCUT2D eigenvalue weighted by atomic mass is 9.82. The highest BCUT2D eigenvalue weighted by Gasteiger charge is 2.33. The first kappa shape index (κ1) is 15.2. The molecule has 0 spiro atoms. The summed E-state index contributed by atoms with van der Waals surface area (Å²) in [4.78, 5) is 0. The lowest BCUT2D eigenvalue weighted by Gasteiger charge is -2.27. The first-order valence-electron chi connectivity index (χ1n) is 7.64. The number of hydrogen-bond acceptors (Lipinski definition) is 3. The van der Waals surface area contributed by atoms with Gasteiger partial charge in [-0.25, -0.2) is 8.78 Å². The van der Waals surface area contributed by atoms with E-state index in [0.717, 1.165) is 29.0 Å². The van der Waals surface area contributed by atoms with Crippen molar-refractivity contribution in [1.82, 2.24) is 0 Å². The molecule has 25 heavy (non-hydrogen) atoms. The third-order valence-electron chi connectivity index (χ3n) is 4.38. The monoisotopic (exact) mass is 334 g/mol. The van der Waals surface area contributed by atoms with Gasteiger partial charge in [0.25, 0.3) is 0 Å². The third-order valence-corrected chi connectivity index (χ3v) is 4.38. The molecule has 2 N–H and O–H groups in total. The maximum atomic E-state index is 14.4. The lowest BCUT2D eigenvalue weighted by molar-refractivity contribution is 0.397. The van der Waals surface area contributed by atoms with Gasteiger partial charge in [0.2, 0.25) is 5.88 Å². The molecule has 1 aliphatic heterocycles. The minimum absolute atomic E-state index is 0.0549. The van der Waals surface area contributed by atoms with Crippen molar-refractivity contribution >= 4 is 10.8 Å². The summed E-state index contributed by atoms with van der Waals surface area (Å²) in [6, 6.07) is 16.3. The van der Waals surface area contributed by atoms with Gasteiger partial charge in [0.15, 0.2) is 0 Å². The van der Waals surface area contributed by atoms with Crippen LogP contribution >= 0.6 is 0 Å². The van der Waals surface area contributed by atoms with E-state index in [2.05, 4.69) is 0 Å². The van der Waals surface area contributed by atoms with Crippen LogP contribution in [-0.4, -0.2) is 0 Å². The SMILES string of the molecule is N#CC1=C(N)Oc2c(ccc3ccccc23)[C@@H]1c1cc(F)ccc1F. The van der Waals surface area contributed by atoms with Crippen molar-refractivity contribution in [2.24, 2.45) is 5.73 Å². The van der Waals surface area contributed by atoms with Crippen LogP contribution in [-0.2, 0) is 0 Å². The Labute approximate surface area is 142 Å². The number of hydrogen-bond donors (Lipinski definition) is 1. The quantitative estimate of drug-likeness (QED) is 0.720. The number of allylic oxidation sites excluding steroid dienone is 1. The highest BCUT2D eigenvalue weighted by molar-refractivity contribution is 5.90. The number of ether oxygens (including phenoxy) is 1. The normalized spacial score (nSPS) is 16.3. The van der Waals surface area contributed by atoms with Gasteiger partial charge in [-0.2, -0.15) is 5.26 Å². The van der Waals surface area contributed by atoms with E-state index in [1.54, 1.807) is 6.07 Å². The van der Waals surface area contributed by atoms with E-state index in [-0.39, 0.29) is 17.0 Å². The van der Waals surface area contributed by atoms with Crippen LogP contribution in [0, 0.1) is 23.0 Å². The fourth-order valence-electron chi connectivity index (χ4n) is 3.24. The van der Waals surface area contributed by atoms with Crippen molar-refractivity contribution < 1.29 is 13.5 Å². The topological polar surface area (TPSA) is 59.0 Å². The van der Waals surface area contributed by atoms with Gasteiger partial charge in [0, 0.05) is 16.5 Å². The van der Waals surface area contributed by atoms with E-state index in [0.29, 0.717) is 11.3 Å². The maximum absolute atomic E-state index is 14.4. The molecule has 122 valence electrons. The molecule has 4 rings (SSSR count). The number of nitrogens with two attached hydrogens (primary N) is 1. The smallest absolute Gasteiger partial charge is 0.205 e. The standard InChI is InChI=1S/C20H12F2N2O/c21-12-6-8-17(22)15(9-12)18-14-7-5-11-3-1-2-4-13(11)19(14)25-20(24)16(18)10-23/h1-9,18H,24H2/t18-/m1/s1. The summed E-state index contributed by atoms with van der Waals surface area (Å²) in [5, 5.41) is 11.2. The zero-order valence-electron chi connectivity index (χ0n) is 13.0. The largest absolute Gasteiger partial charge is 0.440 e. The average Bonchev–Trinajstić information content (AvgIpc) is 2.62. The third kappa shape index (κ3) is 2.31. The Morgan fingerprint density at radius 3 is 2.60 bits per heavy atom. The zero-order chi connectivity index (χ0) is 17.6. The number of rotatable bonds is 1. The van der Waals surface area contributed by atoms with Gasteiger partial charge in [-0.15, -0.1) is 0 Å². The second-order valence-corrected chi connectivity index (χ2v) is 5.80. The molecule has 0 unspecified atom stereocenters. The number of halogens is 2. The molecular formula is C20H12F2N2O. The van der Waals surface area contributed by atoms with Gasteiger partial charge < -0.3 is 10.5 Å². The summed E-state index contributed by atoms with van der Waals surface area (Å²) >= 11 is 0. The van der Waals surface area contributed by atoms with Crippen molar-refractivity contribution in [2.45, 2.75) is 5.92 Å². The van der Waals surface area contributed by atoms with Crippen molar-refractivity contribution in [3.05, 3.63) is 88.8 Å². The molecule has 0 saturated heterocycles. The molecule has 0 aliphatic carbocycles. The van der Waals surface area contributed by atoms with Crippen molar-refractivity contribution in [2.75, 3.05) is 0 Å². The zero-order valence-corrected chi connectivity index (χ0v) is 13.0. The van der Waals surface area contributed by atoms with E-state index < -0.39 is 17.6 Å². The highest BCUT2D eigenvalue weighted by Crippen LogP contribution is 2.45. The molecule has 3 nitrogen and oxygen atoms in total. The van der Waals surface area contributed by atoms with Crippen molar-refractivity contribution in [3.63, 3.8) is 0 Å². The van der Waals surface area contributed by atoms with Gasteiger partial charge in [-0.3, -0.25) is 0 Å². The van der Waals surface area contributed by atoms with Gasteiger partial charge in [0.1, 0.15) is 29.0 Å². The van der Waals surface area contributed by atoms with E-state index in [9.17, 15) is 14.0 Å². The summed E-state index contributed by atoms with van der Waals surface area (Å²) in [6.07, 6.45) is 0. The number of nitrogens with zero attached hydrogens (tertiary/aromatic N) is 1. The predicted octanol–water partition coefficient (Wildman–Crippen LogP) is 4.34. The Hall–Kier alpha value is -3.39. The number of nitriles is 1.